The summed E-state index contributed by atoms with van der Waals surface area (Å²) < 4.78 is 46.2. The van der Waals surface area contributed by atoms with Gasteiger partial charge in [-0.05, 0) is 18.9 Å². The van der Waals surface area contributed by atoms with Crippen molar-refractivity contribution in [1.29, 1.82) is 0 Å². The van der Waals surface area contributed by atoms with E-state index in [0.29, 0.717) is 17.8 Å². The van der Waals surface area contributed by atoms with Gasteiger partial charge in [0.15, 0.2) is 23.2 Å². The third kappa shape index (κ3) is 3.67. The van der Waals surface area contributed by atoms with Gasteiger partial charge in [-0.25, -0.2) is 13.8 Å². The summed E-state index contributed by atoms with van der Waals surface area (Å²) in [5.74, 6) is -5.19. The van der Waals surface area contributed by atoms with Gasteiger partial charge >= 0.3 is 0 Å². The van der Waals surface area contributed by atoms with E-state index in [4.69, 9.17) is 0 Å². The summed E-state index contributed by atoms with van der Waals surface area (Å²) in [5.41, 5.74) is -0.481. The van der Waals surface area contributed by atoms with Crippen LogP contribution in [0.25, 0.3) is 0 Å². The number of ether oxygens (including phenoxy) is 1. The molecule has 0 saturated carbocycles. The number of rotatable bonds is 5. The van der Waals surface area contributed by atoms with Crippen molar-refractivity contribution in [2.75, 3.05) is 49.4 Å². The lowest BCUT2D eigenvalue weighted by atomic mass is 10.1. The molecule has 3 rings (SSSR count). The molecule has 2 heterocycles. The predicted octanol–water partition coefficient (Wildman–Crippen LogP) is 2.82. The topological polar surface area (TPSA) is 70.6 Å². The number of aromatic nitrogens is 2. The van der Waals surface area contributed by atoms with Crippen LogP contribution < -0.4 is 19.9 Å². The molecule has 1 saturated heterocycles. The molecule has 0 aliphatic carbocycles. The largest absolute Gasteiger partial charge is 0.491 e. The van der Waals surface area contributed by atoms with Crippen LogP contribution in [0.5, 0.6) is 5.75 Å². The number of carbonyl (C=O) groups is 1. The molecule has 0 spiro atoms. The maximum atomic E-state index is 14.4. The van der Waals surface area contributed by atoms with Gasteiger partial charge < -0.3 is 19.9 Å². The molecule has 0 atom stereocenters. The van der Waals surface area contributed by atoms with E-state index >= 15 is 0 Å². The number of hydrogen-bond acceptors (Lipinski definition) is 6. The van der Waals surface area contributed by atoms with E-state index in [1.807, 2.05) is 4.90 Å². The lowest BCUT2D eigenvalue weighted by Gasteiger charge is -2.21. The second-order valence-corrected chi connectivity index (χ2v) is 6.52. The third-order valence-electron chi connectivity index (χ3n) is 4.38. The van der Waals surface area contributed by atoms with Crippen LogP contribution in [0.4, 0.5) is 30.6 Å². The van der Waals surface area contributed by atoms with E-state index in [9.17, 15) is 18.0 Å². The molecular weight excluding hydrogens is 375 g/mol. The minimum absolute atomic E-state index is 0.209. The van der Waals surface area contributed by atoms with E-state index < -0.39 is 34.7 Å². The smallest absolute Gasteiger partial charge is 0.259 e. The standard InChI is InChI=1S/C18H20F3N5O2/c1-25(2)16-12(9-22-18(24-16)26-6-4-5-7-26)23-17(27)10-8-11(19)14(21)15(28-3)13(10)20/h8-9H,4-7H2,1-3H3,(H,23,27). The molecule has 1 amide bonds. The average molecular weight is 395 g/mol. The van der Waals surface area contributed by atoms with Crippen molar-refractivity contribution < 1.29 is 22.7 Å². The van der Waals surface area contributed by atoms with Gasteiger partial charge in [0.25, 0.3) is 5.91 Å². The Morgan fingerprint density at radius 3 is 2.50 bits per heavy atom. The molecule has 1 aromatic heterocycles. The Balaban J connectivity index is 1.93. The van der Waals surface area contributed by atoms with Crippen molar-refractivity contribution in [2.45, 2.75) is 12.8 Å². The second kappa shape index (κ2) is 7.91. The van der Waals surface area contributed by atoms with E-state index in [-0.39, 0.29) is 5.69 Å². The highest BCUT2D eigenvalue weighted by molar-refractivity contribution is 6.06. The summed E-state index contributed by atoms with van der Waals surface area (Å²) in [5, 5.41) is 2.46. The summed E-state index contributed by atoms with van der Waals surface area (Å²) in [6.45, 7) is 1.69. The molecule has 1 fully saturated rings. The molecule has 7 nitrogen and oxygen atoms in total. The molecule has 0 radical (unpaired) electrons. The highest BCUT2D eigenvalue weighted by atomic mass is 19.2. The van der Waals surface area contributed by atoms with Crippen LogP contribution in [0.2, 0.25) is 0 Å². The first kappa shape index (κ1) is 19.7. The Morgan fingerprint density at radius 1 is 1.21 bits per heavy atom. The third-order valence-corrected chi connectivity index (χ3v) is 4.38. The van der Waals surface area contributed by atoms with Crippen LogP contribution >= 0.6 is 0 Å². The lowest BCUT2D eigenvalue weighted by molar-refractivity contribution is 0.102. The molecule has 28 heavy (non-hydrogen) atoms. The first-order valence-corrected chi connectivity index (χ1v) is 8.65. The summed E-state index contributed by atoms with van der Waals surface area (Å²) in [7, 11) is 4.44. The fourth-order valence-electron chi connectivity index (χ4n) is 2.98. The van der Waals surface area contributed by atoms with Crippen molar-refractivity contribution >= 4 is 23.4 Å². The van der Waals surface area contributed by atoms with Gasteiger partial charge in [-0.1, -0.05) is 0 Å². The number of nitrogens with zero attached hydrogens (tertiary/aromatic N) is 4. The van der Waals surface area contributed by atoms with Crippen molar-refractivity contribution in [3.63, 3.8) is 0 Å². The van der Waals surface area contributed by atoms with Crippen LogP contribution in [-0.4, -0.2) is 50.2 Å². The monoisotopic (exact) mass is 395 g/mol. The molecule has 0 unspecified atom stereocenters. The molecule has 150 valence electrons. The van der Waals surface area contributed by atoms with Crippen LogP contribution in [0, 0.1) is 17.5 Å². The van der Waals surface area contributed by atoms with Gasteiger partial charge in [0.2, 0.25) is 11.8 Å². The minimum Gasteiger partial charge on any atom is -0.491 e. The van der Waals surface area contributed by atoms with Gasteiger partial charge in [0, 0.05) is 27.2 Å². The van der Waals surface area contributed by atoms with E-state index in [0.717, 1.165) is 33.0 Å². The molecule has 1 aliphatic heterocycles. The van der Waals surface area contributed by atoms with E-state index in [1.54, 1.807) is 19.0 Å². The van der Waals surface area contributed by atoms with Crippen molar-refractivity contribution in [3.05, 3.63) is 35.3 Å². The van der Waals surface area contributed by atoms with Gasteiger partial charge in [-0.3, -0.25) is 4.79 Å². The molecule has 1 aromatic carbocycles. The maximum Gasteiger partial charge on any atom is 0.259 e. The molecule has 1 aliphatic rings. The number of hydrogen-bond donors (Lipinski definition) is 1. The lowest BCUT2D eigenvalue weighted by Crippen LogP contribution is -2.24. The fraction of sp³-hybridized carbons (Fsp3) is 0.389. The molecule has 0 bridgehead atoms. The highest BCUT2D eigenvalue weighted by Gasteiger charge is 2.25. The summed E-state index contributed by atoms with van der Waals surface area (Å²) in [6.07, 6.45) is 3.51. The summed E-state index contributed by atoms with van der Waals surface area (Å²) in [6, 6.07) is 0.483. The molecular formula is C18H20F3N5O2. The summed E-state index contributed by atoms with van der Waals surface area (Å²) >= 11 is 0. The van der Waals surface area contributed by atoms with E-state index in [1.165, 1.54) is 6.20 Å². The quantitative estimate of drug-likeness (QED) is 0.786. The van der Waals surface area contributed by atoms with Crippen molar-refractivity contribution in [1.82, 2.24) is 9.97 Å². The Morgan fingerprint density at radius 2 is 1.89 bits per heavy atom. The average Bonchev–Trinajstić information content (AvgIpc) is 3.20. The zero-order chi connectivity index (χ0) is 20.4. The Kier molecular flexibility index (Phi) is 5.57. The number of amides is 1. The summed E-state index contributed by atoms with van der Waals surface area (Å²) in [4.78, 5) is 24.9. The van der Waals surface area contributed by atoms with Crippen LogP contribution in [-0.2, 0) is 0 Å². The first-order valence-electron chi connectivity index (χ1n) is 8.65. The zero-order valence-electron chi connectivity index (χ0n) is 15.7. The molecule has 10 heteroatoms. The van der Waals surface area contributed by atoms with Crippen molar-refractivity contribution in [3.8, 4) is 5.75 Å². The van der Waals surface area contributed by atoms with Crippen LogP contribution in [0.1, 0.15) is 23.2 Å². The predicted molar refractivity (Wildman–Crippen MR) is 98.6 cm³/mol. The van der Waals surface area contributed by atoms with E-state index in [2.05, 4.69) is 20.0 Å². The normalized spacial score (nSPS) is 13.6. The Labute approximate surface area is 160 Å². The van der Waals surface area contributed by atoms with Crippen LogP contribution in [0.15, 0.2) is 12.3 Å². The molecule has 2 aromatic rings. The second-order valence-electron chi connectivity index (χ2n) is 6.52. The molecule has 1 N–H and O–H groups in total. The highest BCUT2D eigenvalue weighted by Crippen LogP contribution is 2.29. The van der Waals surface area contributed by atoms with Crippen molar-refractivity contribution in [2.24, 2.45) is 0 Å². The van der Waals surface area contributed by atoms with Gasteiger partial charge in [0.1, 0.15) is 5.69 Å². The number of carbonyl (C=O) groups excluding carboxylic acids is 1. The zero-order valence-corrected chi connectivity index (χ0v) is 15.7. The van der Waals surface area contributed by atoms with Gasteiger partial charge in [-0.2, -0.15) is 9.37 Å². The number of methoxy groups -OCH3 is 1. The number of anilines is 3. The maximum absolute atomic E-state index is 14.4. The first-order chi connectivity index (χ1) is 13.3. The number of benzene rings is 1. The van der Waals surface area contributed by atoms with Gasteiger partial charge in [-0.15, -0.1) is 0 Å². The Hall–Kier alpha value is -3.04. The van der Waals surface area contributed by atoms with Gasteiger partial charge in [0.05, 0.1) is 18.9 Å². The Bertz CT molecular complexity index is 901. The van der Waals surface area contributed by atoms with Crippen LogP contribution in [0.3, 0.4) is 0 Å². The SMILES string of the molecule is COc1c(F)c(F)cc(C(=O)Nc2cnc(N3CCCC3)nc2N(C)C)c1F. The number of halogens is 3. The fourth-order valence-corrected chi connectivity index (χ4v) is 2.98. The number of nitrogens with one attached hydrogen (secondary N) is 1. The minimum atomic E-state index is -1.50.